The molecule has 0 heterocycles. The minimum Gasteiger partial charge on any atom is -0.496 e. The van der Waals surface area contributed by atoms with Crippen LogP contribution in [0.1, 0.15) is 30.6 Å². The molecule has 2 atom stereocenters. The molecule has 1 aromatic carbocycles. The van der Waals surface area contributed by atoms with E-state index in [4.69, 9.17) is 9.47 Å². The first-order valence-corrected chi connectivity index (χ1v) is 8.78. The number of amides is 2. The van der Waals surface area contributed by atoms with Crippen LogP contribution in [0.3, 0.4) is 0 Å². The first-order chi connectivity index (χ1) is 13.3. The summed E-state index contributed by atoms with van der Waals surface area (Å²) in [4.78, 5) is 47.6. The van der Waals surface area contributed by atoms with Gasteiger partial charge in [-0.05, 0) is 18.1 Å². The zero-order valence-corrected chi connectivity index (χ0v) is 16.4. The molecule has 0 saturated heterocycles. The summed E-state index contributed by atoms with van der Waals surface area (Å²) in [5.41, 5.74) is 0.269. The van der Waals surface area contributed by atoms with Gasteiger partial charge >= 0.3 is 11.9 Å². The Hall–Kier alpha value is -3.10. The molecule has 154 valence electrons. The minimum absolute atomic E-state index is 0.146. The van der Waals surface area contributed by atoms with Gasteiger partial charge in [-0.15, -0.1) is 0 Å². The fourth-order valence-electron chi connectivity index (χ4n) is 2.29. The second-order valence-corrected chi connectivity index (χ2v) is 6.00. The van der Waals surface area contributed by atoms with Crippen molar-refractivity contribution in [3.8, 4) is 5.75 Å². The van der Waals surface area contributed by atoms with Crippen LogP contribution in [0.2, 0.25) is 0 Å². The average Bonchev–Trinajstić information content (AvgIpc) is 2.72. The van der Waals surface area contributed by atoms with Crippen molar-refractivity contribution in [2.24, 2.45) is 5.92 Å². The van der Waals surface area contributed by atoms with E-state index >= 15 is 0 Å². The maximum absolute atomic E-state index is 12.1. The number of methoxy groups -OCH3 is 2. The lowest BCUT2D eigenvalue weighted by Crippen LogP contribution is -2.47. The number of carbonyl (C=O) groups excluding carboxylic acids is 4. The summed E-state index contributed by atoms with van der Waals surface area (Å²) in [6.07, 6.45) is 0.648. The van der Waals surface area contributed by atoms with Crippen molar-refractivity contribution in [3.63, 3.8) is 0 Å². The highest BCUT2D eigenvalue weighted by molar-refractivity contribution is 5.98. The standard InChI is InChI=1S/C19H26N2O7/c1-5-12(2)17(19(25)27-4)21-15(22)11-28-16(23)10-20-18(24)13-8-6-7-9-14(13)26-3/h6-9,12,17H,5,10-11H2,1-4H3,(H,20,24)(H,21,22)/t12-,17+/m0/s1. The molecule has 2 amide bonds. The van der Waals surface area contributed by atoms with E-state index in [1.54, 1.807) is 31.2 Å². The number of nitrogens with one attached hydrogen (secondary N) is 2. The van der Waals surface area contributed by atoms with Gasteiger partial charge in [0.05, 0.1) is 19.8 Å². The molecule has 0 aliphatic carbocycles. The van der Waals surface area contributed by atoms with Crippen LogP contribution in [-0.2, 0) is 23.9 Å². The Kier molecular flexibility index (Phi) is 9.49. The maximum atomic E-state index is 12.1. The van der Waals surface area contributed by atoms with Gasteiger partial charge in [0, 0.05) is 0 Å². The van der Waals surface area contributed by atoms with Gasteiger partial charge in [-0.25, -0.2) is 4.79 Å². The lowest BCUT2D eigenvalue weighted by molar-refractivity contribution is -0.150. The zero-order valence-electron chi connectivity index (χ0n) is 16.4. The van der Waals surface area contributed by atoms with Crippen LogP contribution >= 0.6 is 0 Å². The zero-order chi connectivity index (χ0) is 21.1. The fourth-order valence-corrected chi connectivity index (χ4v) is 2.29. The summed E-state index contributed by atoms with van der Waals surface area (Å²) in [6.45, 7) is 2.67. The van der Waals surface area contributed by atoms with Crippen molar-refractivity contribution in [2.45, 2.75) is 26.3 Å². The van der Waals surface area contributed by atoms with E-state index < -0.39 is 42.9 Å². The summed E-state index contributed by atoms with van der Waals surface area (Å²) in [5, 5.41) is 4.88. The quantitative estimate of drug-likeness (QED) is 0.560. The summed E-state index contributed by atoms with van der Waals surface area (Å²) in [7, 11) is 2.66. The lowest BCUT2D eigenvalue weighted by atomic mass is 9.99. The summed E-state index contributed by atoms with van der Waals surface area (Å²) in [5.74, 6) is -2.30. The topological polar surface area (TPSA) is 120 Å². The molecule has 0 fully saturated rings. The van der Waals surface area contributed by atoms with Gasteiger partial charge in [-0.1, -0.05) is 32.4 Å². The third kappa shape index (κ3) is 6.90. The third-order valence-corrected chi connectivity index (χ3v) is 4.09. The van der Waals surface area contributed by atoms with E-state index in [1.807, 2.05) is 6.92 Å². The molecule has 0 radical (unpaired) electrons. The number of ether oxygens (including phenoxy) is 3. The number of rotatable bonds is 10. The Bertz CT molecular complexity index is 705. The maximum Gasteiger partial charge on any atom is 0.328 e. The molecule has 0 aliphatic heterocycles. The van der Waals surface area contributed by atoms with E-state index in [0.29, 0.717) is 12.2 Å². The fraction of sp³-hybridized carbons (Fsp3) is 0.474. The molecule has 28 heavy (non-hydrogen) atoms. The average molecular weight is 394 g/mol. The highest BCUT2D eigenvalue weighted by atomic mass is 16.5. The normalized spacial score (nSPS) is 12.3. The first-order valence-electron chi connectivity index (χ1n) is 8.78. The number of carbonyl (C=O) groups is 4. The van der Waals surface area contributed by atoms with Crippen molar-refractivity contribution in [2.75, 3.05) is 27.4 Å². The van der Waals surface area contributed by atoms with Crippen LogP contribution in [0.15, 0.2) is 24.3 Å². The molecular formula is C19H26N2O7. The van der Waals surface area contributed by atoms with Gasteiger partial charge in [-0.2, -0.15) is 0 Å². The summed E-state index contributed by atoms with van der Waals surface area (Å²) < 4.78 is 14.6. The van der Waals surface area contributed by atoms with Gasteiger partial charge < -0.3 is 24.8 Å². The van der Waals surface area contributed by atoms with E-state index in [9.17, 15) is 19.2 Å². The second-order valence-electron chi connectivity index (χ2n) is 6.00. The molecule has 9 nitrogen and oxygen atoms in total. The van der Waals surface area contributed by atoms with Gasteiger partial charge in [0.2, 0.25) is 0 Å². The Labute approximate surface area is 163 Å². The molecule has 0 bridgehead atoms. The van der Waals surface area contributed by atoms with E-state index in [2.05, 4.69) is 15.4 Å². The summed E-state index contributed by atoms with van der Waals surface area (Å²) >= 11 is 0. The highest BCUT2D eigenvalue weighted by Crippen LogP contribution is 2.16. The molecule has 0 aliphatic rings. The Balaban J connectivity index is 2.48. The molecule has 0 unspecified atom stereocenters. The van der Waals surface area contributed by atoms with Crippen LogP contribution in [-0.4, -0.2) is 57.2 Å². The van der Waals surface area contributed by atoms with Crippen molar-refractivity contribution < 1.29 is 33.4 Å². The predicted octanol–water partition coefficient (Wildman–Crippen LogP) is 0.672. The van der Waals surface area contributed by atoms with Crippen LogP contribution in [0.5, 0.6) is 5.75 Å². The Morgan fingerprint density at radius 2 is 1.79 bits per heavy atom. The van der Waals surface area contributed by atoms with E-state index in [-0.39, 0.29) is 11.5 Å². The van der Waals surface area contributed by atoms with E-state index in [1.165, 1.54) is 14.2 Å². The van der Waals surface area contributed by atoms with Crippen LogP contribution < -0.4 is 15.4 Å². The third-order valence-electron chi connectivity index (χ3n) is 4.09. The largest absolute Gasteiger partial charge is 0.496 e. The van der Waals surface area contributed by atoms with Crippen molar-refractivity contribution in [3.05, 3.63) is 29.8 Å². The second kappa shape index (κ2) is 11.6. The van der Waals surface area contributed by atoms with Gasteiger partial charge in [-0.3, -0.25) is 14.4 Å². The monoisotopic (exact) mass is 394 g/mol. The molecule has 0 saturated carbocycles. The van der Waals surface area contributed by atoms with Crippen molar-refractivity contribution in [1.82, 2.24) is 10.6 Å². The highest BCUT2D eigenvalue weighted by Gasteiger charge is 2.27. The smallest absolute Gasteiger partial charge is 0.328 e. The number of benzene rings is 1. The van der Waals surface area contributed by atoms with Crippen LogP contribution in [0.4, 0.5) is 0 Å². The SMILES string of the molecule is CC[C@H](C)[C@@H](NC(=O)COC(=O)CNC(=O)c1ccccc1OC)C(=O)OC. The molecular weight excluding hydrogens is 368 g/mol. The number of esters is 2. The van der Waals surface area contributed by atoms with Gasteiger partial charge in [0.1, 0.15) is 18.3 Å². The van der Waals surface area contributed by atoms with Crippen LogP contribution in [0, 0.1) is 5.92 Å². The molecule has 9 heteroatoms. The van der Waals surface area contributed by atoms with Gasteiger partial charge in [0.15, 0.2) is 6.61 Å². The molecule has 1 rings (SSSR count). The first kappa shape index (κ1) is 22.9. The van der Waals surface area contributed by atoms with Crippen molar-refractivity contribution in [1.29, 1.82) is 0 Å². The molecule has 0 spiro atoms. The molecule has 1 aromatic rings. The Morgan fingerprint density at radius 1 is 1.11 bits per heavy atom. The minimum atomic E-state index is -0.827. The summed E-state index contributed by atoms with van der Waals surface area (Å²) in [6, 6.07) is 5.71. The number of hydrogen-bond acceptors (Lipinski definition) is 7. The Morgan fingerprint density at radius 3 is 2.39 bits per heavy atom. The molecule has 0 aromatic heterocycles. The van der Waals surface area contributed by atoms with Gasteiger partial charge in [0.25, 0.3) is 11.8 Å². The molecule has 2 N–H and O–H groups in total. The number of para-hydroxylation sites is 1. The van der Waals surface area contributed by atoms with Crippen LogP contribution in [0.25, 0.3) is 0 Å². The van der Waals surface area contributed by atoms with E-state index in [0.717, 1.165) is 0 Å². The lowest BCUT2D eigenvalue weighted by Gasteiger charge is -2.21. The number of hydrogen-bond donors (Lipinski definition) is 2. The predicted molar refractivity (Wildman–Crippen MR) is 99.7 cm³/mol. The van der Waals surface area contributed by atoms with Crippen molar-refractivity contribution >= 4 is 23.8 Å².